The number of carbonyl (C=O) groups excluding carboxylic acids is 1. The molecule has 0 aliphatic carbocycles. The fourth-order valence-corrected chi connectivity index (χ4v) is 1.47. The van der Waals surface area contributed by atoms with Crippen molar-refractivity contribution in [2.45, 2.75) is 26.4 Å². The van der Waals surface area contributed by atoms with Crippen LogP contribution in [0, 0.1) is 5.92 Å². The zero-order valence-electron chi connectivity index (χ0n) is 10.3. The van der Waals surface area contributed by atoms with Crippen LogP contribution >= 0.6 is 0 Å². The first kappa shape index (κ1) is 13.5. The second-order valence-electron chi connectivity index (χ2n) is 4.25. The van der Waals surface area contributed by atoms with Gasteiger partial charge in [-0.05, 0) is 18.1 Å². The number of anilines is 1. The fourth-order valence-electron chi connectivity index (χ4n) is 1.47. The van der Waals surface area contributed by atoms with Gasteiger partial charge in [0.05, 0.1) is 11.7 Å². The van der Waals surface area contributed by atoms with Gasteiger partial charge in [-0.3, -0.25) is 4.79 Å². The van der Waals surface area contributed by atoms with Gasteiger partial charge in [-0.2, -0.15) is 0 Å². The van der Waals surface area contributed by atoms with Crippen LogP contribution in [-0.2, 0) is 0 Å². The van der Waals surface area contributed by atoms with Gasteiger partial charge in [0.2, 0.25) is 0 Å². The van der Waals surface area contributed by atoms with Crippen LogP contribution in [0.5, 0.6) is 0 Å². The standard InChI is InChI=1S/C13H20N2O2/c1-3-9(2)12(16)8-15-13(17)10-6-4-5-7-11(10)14/h4-7,9,12,16H,3,8,14H2,1-2H3,(H,15,17). The van der Waals surface area contributed by atoms with Gasteiger partial charge in [-0.15, -0.1) is 0 Å². The van der Waals surface area contributed by atoms with Crippen molar-refractivity contribution in [1.82, 2.24) is 5.32 Å². The summed E-state index contributed by atoms with van der Waals surface area (Å²) in [5, 5.41) is 12.4. The lowest BCUT2D eigenvalue weighted by Crippen LogP contribution is -2.35. The molecule has 0 saturated heterocycles. The molecule has 1 amide bonds. The van der Waals surface area contributed by atoms with Gasteiger partial charge in [0.15, 0.2) is 0 Å². The number of aliphatic hydroxyl groups excluding tert-OH is 1. The molecule has 2 atom stereocenters. The predicted octanol–water partition coefficient (Wildman–Crippen LogP) is 1.41. The number of aliphatic hydroxyl groups is 1. The molecule has 4 heteroatoms. The predicted molar refractivity (Wildman–Crippen MR) is 68.6 cm³/mol. The number of rotatable bonds is 5. The first-order valence-corrected chi connectivity index (χ1v) is 5.87. The van der Waals surface area contributed by atoms with Crippen molar-refractivity contribution in [2.24, 2.45) is 5.92 Å². The Morgan fingerprint density at radius 3 is 2.71 bits per heavy atom. The number of amides is 1. The Labute approximate surface area is 102 Å². The van der Waals surface area contributed by atoms with E-state index >= 15 is 0 Å². The third-order valence-corrected chi connectivity index (χ3v) is 2.98. The lowest BCUT2D eigenvalue weighted by atomic mass is 10.0. The quantitative estimate of drug-likeness (QED) is 0.676. The molecular formula is C13H20N2O2. The molecule has 0 spiro atoms. The van der Waals surface area contributed by atoms with E-state index in [4.69, 9.17) is 5.73 Å². The van der Waals surface area contributed by atoms with E-state index in [1.54, 1.807) is 24.3 Å². The van der Waals surface area contributed by atoms with E-state index in [1.165, 1.54) is 0 Å². The van der Waals surface area contributed by atoms with Crippen LogP contribution in [0.4, 0.5) is 5.69 Å². The van der Waals surface area contributed by atoms with Crippen molar-refractivity contribution in [3.8, 4) is 0 Å². The van der Waals surface area contributed by atoms with E-state index in [0.29, 0.717) is 11.3 Å². The molecule has 4 nitrogen and oxygen atoms in total. The molecule has 0 saturated carbocycles. The molecule has 0 aliphatic heterocycles. The molecule has 4 N–H and O–H groups in total. The van der Waals surface area contributed by atoms with Crippen LogP contribution in [0.3, 0.4) is 0 Å². The number of nitrogen functional groups attached to an aromatic ring is 1. The highest BCUT2D eigenvalue weighted by atomic mass is 16.3. The largest absolute Gasteiger partial charge is 0.398 e. The maximum absolute atomic E-state index is 11.8. The van der Waals surface area contributed by atoms with Gasteiger partial charge in [-0.25, -0.2) is 0 Å². The van der Waals surface area contributed by atoms with Crippen molar-refractivity contribution >= 4 is 11.6 Å². The van der Waals surface area contributed by atoms with Gasteiger partial charge in [0.25, 0.3) is 5.91 Å². The van der Waals surface area contributed by atoms with E-state index in [2.05, 4.69) is 5.32 Å². The lowest BCUT2D eigenvalue weighted by Gasteiger charge is -2.17. The summed E-state index contributed by atoms with van der Waals surface area (Å²) in [6.45, 7) is 4.21. The van der Waals surface area contributed by atoms with Crippen molar-refractivity contribution in [1.29, 1.82) is 0 Å². The van der Waals surface area contributed by atoms with E-state index in [1.807, 2.05) is 13.8 Å². The van der Waals surface area contributed by atoms with Crippen LogP contribution < -0.4 is 11.1 Å². The summed E-state index contributed by atoms with van der Waals surface area (Å²) in [4.78, 5) is 11.8. The number of nitrogens with two attached hydrogens (primary N) is 1. The third-order valence-electron chi connectivity index (χ3n) is 2.98. The first-order valence-electron chi connectivity index (χ1n) is 5.87. The molecule has 0 radical (unpaired) electrons. The van der Waals surface area contributed by atoms with Crippen molar-refractivity contribution in [3.63, 3.8) is 0 Å². The number of nitrogens with one attached hydrogen (secondary N) is 1. The Balaban J connectivity index is 2.54. The van der Waals surface area contributed by atoms with Crippen LogP contribution in [0.1, 0.15) is 30.6 Å². The van der Waals surface area contributed by atoms with Crippen LogP contribution in [0.15, 0.2) is 24.3 Å². The molecule has 0 fully saturated rings. The van der Waals surface area contributed by atoms with Gasteiger partial charge < -0.3 is 16.2 Å². The second kappa shape index (κ2) is 6.25. The van der Waals surface area contributed by atoms with Gasteiger partial charge in [0.1, 0.15) is 0 Å². The summed E-state index contributed by atoms with van der Waals surface area (Å²) in [6, 6.07) is 6.89. The molecule has 94 valence electrons. The molecule has 0 bridgehead atoms. The summed E-state index contributed by atoms with van der Waals surface area (Å²) in [7, 11) is 0. The average Bonchev–Trinajstić information content (AvgIpc) is 2.35. The highest BCUT2D eigenvalue weighted by Gasteiger charge is 2.14. The van der Waals surface area contributed by atoms with E-state index in [0.717, 1.165) is 6.42 Å². The van der Waals surface area contributed by atoms with Crippen molar-refractivity contribution in [3.05, 3.63) is 29.8 Å². The zero-order chi connectivity index (χ0) is 12.8. The molecule has 0 aromatic heterocycles. The first-order chi connectivity index (χ1) is 8.06. The Hall–Kier alpha value is -1.55. The topological polar surface area (TPSA) is 75.3 Å². The van der Waals surface area contributed by atoms with Crippen LogP contribution in [-0.4, -0.2) is 23.7 Å². The third kappa shape index (κ3) is 3.75. The number of hydrogen-bond acceptors (Lipinski definition) is 3. The normalized spacial score (nSPS) is 14.1. The highest BCUT2D eigenvalue weighted by molar-refractivity contribution is 5.99. The van der Waals surface area contributed by atoms with Crippen molar-refractivity contribution < 1.29 is 9.90 Å². The maximum atomic E-state index is 11.8. The minimum Gasteiger partial charge on any atom is -0.398 e. The zero-order valence-corrected chi connectivity index (χ0v) is 10.3. The Bertz CT molecular complexity index is 379. The fraction of sp³-hybridized carbons (Fsp3) is 0.462. The number of hydrogen-bond donors (Lipinski definition) is 3. The van der Waals surface area contributed by atoms with Crippen LogP contribution in [0.25, 0.3) is 0 Å². The van der Waals surface area contributed by atoms with Gasteiger partial charge in [-0.1, -0.05) is 32.4 Å². The highest BCUT2D eigenvalue weighted by Crippen LogP contribution is 2.11. The Kier molecular flexibility index (Phi) is 4.97. The van der Waals surface area contributed by atoms with Gasteiger partial charge >= 0.3 is 0 Å². The second-order valence-corrected chi connectivity index (χ2v) is 4.25. The summed E-state index contributed by atoms with van der Waals surface area (Å²) in [5.74, 6) is -0.0751. The number of para-hydroxylation sites is 1. The molecule has 1 aromatic carbocycles. The van der Waals surface area contributed by atoms with E-state index in [9.17, 15) is 9.90 Å². The minimum absolute atomic E-state index is 0.170. The molecule has 1 rings (SSSR count). The Morgan fingerprint density at radius 2 is 2.12 bits per heavy atom. The van der Waals surface area contributed by atoms with Crippen molar-refractivity contribution in [2.75, 3.05) is 12.3 Å². The van der Waals surface area contributed by atoms with E-state index in [-0.39, 0.29) is 18.4 Å². The lowest BCUT2D eigenvalue weighted by molar-refractivity contribution is 0.0851. The molecule has 0 aliphatic rings. The summed E-state index contributed by atoms with van der Waals surface area (Å²) in [6.07, 6.45) is 0.360. The summed E-state index contributed by atoms with van der Waals surface area (Å²) >= 11 is 0. The SMILES string of the molecule is CCC(C)C(O)CNC(=O)c1ccccc1N. The number of carbonyl (C=O) groups is 1. The van der Waals surface area contributed by atoms with Crippen LogP contribution in [0.2, 0.25) is 0 Å². The maximum Gasteiger partial charge on any atom is 0.253 e. The molecule has 1 aromatic rings. The molecule has 17 heavy (non-hydrogen) atoms. The molecular weight excluding hydrogens is 216 g/mol. The smallest absolute Gasteiger partial charge is 0.253 e. The monoisotopic (exact) mass is 236 g/mol. The summed E-state index contributed by atoms with van der Waals surface area (Å²) in [5.41, 5.74) is 6.59. The van der Waals surface area contributed by atoms with Gasteiger partial charge in [0, 0.05) is 12.2 Å². The Morgan fingerprint density at radius 1 is 1.47 bits per heavy atom. The van der Waals surface area contributed by atoms with E-state index < -0.39 is 6.10 Å². The summed E-state index contributed by atoms with van der Waals surface area (Å²) < 4.78 is 0. The average molecular weight is 236 g/mol. The molecule has 0 heterocycles. The number of benzene rings is 1. The minimum atomic E-state index is -0.520. The molecule has 2 unspecified atom stereocenters.